The van der Waals surface area contributed by atoms with Gasteiger partial charge in [0.1, 0.15) is 5.69 Å². The highest BCUT2D eigenvalue weighted by Gasteiger charge is 2.40. The quantitative estimate of drug-likeness (QED) is 0.153. The second kappa shape index (κ2) is 19.2. The van der Waals surface area contributed by atoms with E-state index in [-0.39, 0.29) is 36.6 Å². The number of carbonyl (C=O) groups excluding carboxylic acids is 2. The van der Waals surface area contributed by atoms with E-state index in [1.165, 1.54) is 4.90 Å². The maximum Gasteiger partial charge on any atom is 0.233 e. The van der Waals surface area contributed by atoms with Gasteiger partial charge in [-0.2, -0.15) is 0 Å². The van der Waals surface area contributed by atoms with Gasteiger partial charge in [0.05, 0.1) is 39.1 Å². The SMILES string of the molecule is CC(C)COCCOCCCOCCCOCCCOCCn1cc(CN2C(=O)CC(C(C)C)C2=O)nn1. The first-order chi connectivity index (χ1) is 18.4. The molecule has 1 aliphatic heterocycles. The van der Waals surface area contributed by atoms with Gasteiger partial charge in [0, 0.05) is 58.6 Å². The summed E-state index contributed by atoms with van der Waals surface area (Å²) in [5.74, 6) is 0.222. The smallest absolute Gasteiger partial charge is 0.233 e. The molecular weight excluding hydrogens is 492 g/mol. The largest absolute Gasteiger partial charge is 0.381 e. The topological polar surface area (TPSA) is 114 Å². The summed E-state index contributed by atoms with van der Waals surface area (Å²) < 4.78 is 29.5. The zero-order valence-electron chi connectivity index (χ0n) is 23.8. The molecule has 0 spiro atoms. The number of likely N-dealkylation sites (tertiary alicyclic amines) is 1. The highest BCUT2D eigenvalue weighted by molar-refractivity contribution is 6.03. The number of imide groups is 1. The van der Waals surface area contributed by atoms with Gasteiger partial charge in [-0.15, -0.1) is 5.10 Å². The summed E-state index contributed by atoms with van der Waals surface area (Å²) in [6, 6.07) is 0. The fourth-order valence-electron chi connectivity index (χ4n) is 3.87. The number of rotatable bonds is 23. The van der Waals surface area contributed by atoms with E-state index < -0.39 is 0 Å². The van der Waals surface area contributed by atoms with E-state index in [2.05, 4.69) is 24.2 Å². The standard InChI is InChI=1S/C27H48N4O7/c1-22(2)21-38-17-16-37-14-7-12-35-10-5-9-34-11-6-13-36-15-8-30-19-24(28-29-30)20-31-26(32)18-25(23(3)4)27(31)33/h19,22-23,25H,5-18,20-21H2,1-4H3. The van der Waals surface area contributed by atoms with Gasteiger partial charge in [-0.3, -0.25) is 14.5 Å². The Morgan fingerprint density at radius 3 is 1.92 bits per heavy atom. The lowest BCUT2D eigenvalue weighted by atomic mass is 9.94. The van der Waals surface area contributed by atoms with Crippen LogP contribution in [0.5, 0.6) is 0 Å². The number of hydrogen-bond acceptors (Lipinski definition) is 9. The molecule has 11 heteroatoms. The van der Waals surface area contributed by atoms with Gasteiger partial charge in [0.15, 0.2) is 0 Å². The fourth-order valence-corrected chi connectivity index (χ4v) is 3.87. The van der Waals surface area contributed by atoms with Crippen molar-refractivity contribution >= 4 is 11.8 Å². The molecule has 0 aliphatic carbocycles. The average molecular weight is 541 g/mol. The van der Waals surface area contributed by atoms with Crippen LogP contribution in [0, 0.1) is 17.8 Å². The molecule has 1 saturated heterocycles. The highest BCUT2D eigenvalue weighted by Crippen LogP contribution is 2.27. The van der Waals surface area contributed by atoms with Crippen LogP contribution in [0.2, 0.25) is 0 Å². The summed E-state index contributed by atoms with van der Waals surface area (Å²) >= 11 is 0. The second-order valence-corrected chi connectivity index (χ2v) is 10.3. The zero-order valence-corrected chi connectivity index (χ0v) is 23.8. The second-order valence-electron chi connectivity index (χ2n) is 10.3. The van der Waals surface area contributed by atoms with E-state index in [1.807, 2.05) is 13.8 Å². The van der Waals surface area contributed by atoms with Gasteiger partial charge in [-0.1, -0.05) is 32.9 Å². The van der Waals surface area contributed by atoms with E-state index in [9.17, 15) is 9.59 Å². The lowest BCUT2D eigenvalue weighted by molar-refractivity contribution is -0.140. The first-order valence-electron chi connectivity index (χ1n) is 14.0. The zero-order chi connectivity index (χ0) is 27.6. The van der Waals surface area contributed by atoms with Crippen LogP contribution >= 0.6 is 0 Å². The van der Waals surface area contributed by atoms with Crippen LogP contribution in [0.1, 0.15) is 59.1 Å². The number of aromatic nitrogens is 3. The van der Waals surface area contributed by atoms with Crippen LogP contribution in [0.25, 0.3) is 0 Å². The Bertz CT molecular complexity index is 787. The van der Waals surface area contributed by atoms with Crippen LogP contribution in [0.4, 0.5) is 0 Å². The normalized spacial score (nSPS) is 16.1. The molecule has 0 N–H and O–H groups in total. The third-order valence-corrected chi connectivity index (χ3v) is 6.01. The molecule has 1 fully saturated rings. The molecule has 0 aromatic carbocycles. The maximum absolute atomic E-state index is 12.4. The number of amides is 2. The van der Waals surface area contributed by atoms with E-state index in [0.717, 1.165) is 25.9 Å². The van der Waals surface area contributed by atoms with Crippen molar-refractivity contribution in [3.05, 3.63) is 11.9 Å². The predicted molar refractivity (Wildman–Crippen MR) is 141 cm³/mol. The molecule has 1 aliphatic rings. The van der Waals surface area contributed by atoms with Gasteiger partial charge in [0.25, 0.3) is 0 Å². The number of carbonyl (C=O) groups is 2. The number of ether oxygens (including phenoxy) is 5. The van der Waals surface area contributed by atoms with Crippen molar-refractivity contribution < 1.29 is 33.3 Å². The molecule has 1 unspecified atom stereocenters. The Kier molecular flexibility index (Phi) is 16.3. The molecule has 1 aromatic rings. The Morgan fingerprint density at radius 1 is 0.816 bits per heavy atom. The molecule has 2 amide bonds. The van der Waals surface area contributed by atoms with Crippen molar-refractivity contribution in [3.63, 3.8) is 0 Å². The Labute approximate surface area is 227 Å². The van der Waals surface area contributed by atoms with Gasteiger partial charge in [-0.05, 0) is 31.1 Å². The predicted octanol–water partition coefficient (Wildman–Crippen LogP) is 2.72. The molecule has 0 radical (unpaired) electrons. The monoisotopic (exact) mass is 540 g/mol. The van der Waals surface area contributed by atoms with Crippen molar-refractivity contribution in [1.82, 2.24) is 19.9 Å². The van der Waals surface area contributed by atoms with Crippen molar-refractivity contribution in [2.24, 2.45) is 17.8 Å². The van der Waals surface area contributed by atoms with E-state index in [1.54, 1.807) is 10.9 Å². The Morgan fingerprint density at radius 2 is 1.37 bits per heavy atom. The lowest BCUT2D eigenvalue weighted by Crippen LogP contribution is -2.31. The molecule has 0 bridgehead atoms. The molecule has 1 atom stereocenters. The van der Waals surface area contributed by atoms with Crippen LogP contribution in [-0.4, -0.2) is 97.8 Å². The summed E-state index contributed by atoms with van der Waals surface area (Å²) in [6.45, 7) is 15.5. The minimum Gasteiger partial charge on any atom is -0.381 e. The molecular formula is C27H48N4O7. The molecule has 2 rings (SSSR count). The van der Waals surface area contributed by atoms with Crippen molar-refractivity contribution in [1.29, 1.82) is 0 Å². The van der Waals surface area contributed by atoms with Crippen LogP contribution < -0.4 is 0 Å². The third-order valence-electron chi connectivity index (χ3n) is 6.01. The van der Waals surface area contributed by atoms with Gasteiger partial charge < -0.3 is 23.7 Å². The van der Waals surface area contributed by atoms with Crippen LogP contribution in [0.15, 0.2) is 6.20 Å². The van der Waals surface area contributed by atoms with Crippen LogP contribution in [0.3, 0.4) is 0 Å². The molecule has 1 aromatic heterocycles. The van der Waals surface area contributed by atoms with Crippen molar-refractivity contribution in [3.8, 4) is 0 Å². The third kappa shape index (κ3) is 13.2. The Balaban J connectivity index is 1.36. The lowest BCUT2D eigenvalue weighted by Gasteiger charge is -2.14. The minimum atomic E-state index is -0.232. The Hall–Kier alpha value is -1.92. The highest BCUT2D eigenvalue weighted by atomic mass is 16.5. The first-order valence-corrected chi connectivity index (χ1v) is 14.0. The molecule has 2 heterocycles. The minimum absolute atomic E-state index is 0.113. The molecule has 0 saturated carbocycles. The average Bonchev–Trinajstić information content (AvgIpc) is 3.44. The maximum atomic E-state index is 12.4. The van der Waals surface area contributed by atoms with Gasteiger partial charge >= 0.3 is 0 Å². The van der Waals surface area contributed by atoms with Crippen molar-refractivity contribution in [2.75, 3.05) is 66.1 Å². The molecule has 11 nitrogen and oxygen atoms in total. The summed E-state index contributed by atoms with van der Waals surface area (Å²) in [7, 11) is 0. The van der Waals surface area contributed by atoms with E-state index in [0.29, 0.717) is 77.6 Å². The summed E-state index contributed by atoms with van der Waals surface area (Å²) in [6.07, 6.45) is 4.61. The van der Waals surface area contributed by atoms with E-state index >= 15 is 0 Å². The number of hydrogen-bond donors (Lipinski definition) is 0. The van der Waals surface area contributed by atoms with Crippen LogP contribution in [-0.2, 0) is 46.4 Å². The molecule has 38 heavy (non-hydrogen) atoms. The molecule has 218 valence electrons. The number of nitrogens with zero attached hydrogens (tertiary/aromatic N) is 4. The van der Waals surface area contributed by atoms with Gasteiger partial charge in [-0.25, -0.2) is 4.68 Å². The summed E-state index contributed by atoms with van der Waals surface area (Å²) in [4.78, 5) is 25.9. The first kappa shape index (κ1) is 32.3. The van der Waals surface area contributed by atoms with Crippen molar-refractivity contribution in [2.45, 2.75) is 66.5 Å². The summed E-state index contributed by atoms with van der Waals surface area (Å²) in [5.41, 5.74) is 0.601. The summed E-state index contributed by atoms with van der Waals surface area (Å²) in [5, 5.41) is 8.16. The fraction of sp³-hybridized carbons (Fsp3) is 0.852. The van der Waals surface area contributed by atoms with E-state index in [4.69, 9.17) is 23.7 Å². The van der Waals surface area contributed by atoms with Gasteiger partial charge in [0.2, 0.25) is 11.8 Å².